The zero-order chi connectivity index (χ0) is 27.3. The molecule has 5 aliphatic rings. The Morgan fingerprint density at radius 2 is 1.97 bits per heavy atom. The van der Waals surface area contributed by atoms with Gasteiger partial charge in [0.1, 0.15) is 0 Å². The summed E-state index contributed by atoms with van der Waals surface area (Å²) in [5.74, 6) is -0.411. The molecule has 0 spiro atoms. The average Bonchev–Trinajstić information content (AvgIpc) is 3.24. The van der Waals surface area contributed by atoms with E-state index >= 15 is 0 Å². The Bertz CT molecular complexity index is 1280. The zero-order valence-electron chi connectivity index (χ0n) is 22.1. The minimum absolute atomic E-state index is 0.0216. The van der Waals surface area contributed by atoms with Crippen molar-refractivity contribution in [2.45, 2.75) is 81.9 Å². The van der Waals surface area contributed by atoms with E-state index in [1.54, 1.807) is 24.3 Å². The van der Waals surface area contributed by atoms with Gasteiger partial charge in [-0.05, 0) is 81.7 Å². The van der Waals surface area contributed by atoms with Gasteiger partial charge < -0.3 is 14.6 Å². The summed E-state index contributed by atoms with van der Waals surface area (Å²) in [5, 5.41) is 12.9. The minimum atomic E-state index is -1.16. The van der Waals surface area contributed by atoms with Crippen LogP contribution < -0.4 is 0 Å². The summed E-state index contributed by atoms with van der Waals surface area (Å²) < 4.78 is 13.1. The molecule has 3 saturated carbocycles. The number of rotatable bonds is 4. The fraction of sp³-hybridized carbons (Fsp3) is 0.600. The molecule has 1 saturated heterocycles. The standard InChI is InChI=1S/C30H34Cl2O5S/c1-27(2)36-25-13-20-19-7-5-16-11-18(33)9-10-28(16,3)26(19)22(34)14-29(20,4)30(25,37-27)24(35)15-38-23-8-6-17(31)12-21(23)32/h6,8-12,19-20,22,25-26,34H,5,7,13-15H2,1-4H3/t19?,20?,22?,25-,26?,28?,29?,30-/m1/s1. The van der Waals surface area contributed by atoms with E-state index in [0.29, 0.717) is 22.9 Å². The molecule has 0 radical (unpaired) electrons. The maximum atomic E-state index is 14.3. The van der Waals surface area contributed by atoms with Crippen molar-refractivity contribution >= 4 is 46.5 Å². The molecule has 204 valence electrons. The number of ketones is 2. The number of fused-ring (bicyclic) bond motifs is 7. The van der Waals surface area contributed by atoms with Gasteiger partial charge in [-0.15, -0.1) is 11.8 Å². The molecule has 38 heavy (non-hydrogen) atoms. The highest BCUT2D eigenvalue weighted by Crippen LogP contribution is 2.70. The van der Waals surface area contributed by atoms with Crippen LogP contribution in [0, 0.1) is 28.6 Å². The van der Waals surface area contributed by atoms with Crippen LogP contribution in [0.1, 0.15) is 53.4 Å². The second kappa shape index (κ2) is 8.92. The molecule has 0 aromatic heterocycles. The van der Waals surface area contributed by atoms with Gasteiger partial charge in [-0.1, -0.05) is 48.7 Å². The van der Waals surface area contributed by atoms with Crippen LogP contribution in [0.15, 0.2) is 46.9 Å². The van der Waals surface area contributed by atoms with Gasteiger partial charge >= 0.3 is 0 Å². The molecule has 1 aromatic rings. The van der Waals surface area contributed by atoms with Crippen LogP contribution in [0.4, 0.5) is 0 Å². The molecule has 0 amide bonds. The molecule has 1 heterocycles. The molecule has 6 unspecified atom stereocenters. The minimum Gasteiger partial charge on any atom is -0.393 e. The SMILES string of the molecule is CC1(C)O[C@@H]2CC3C4CCC5=CC(=O)C=CC5(C)C4C(O)CC3(C)[C@]2(C(=O)CSc2ccc(Cl)cc2Cl)O1. The van der Waals surface area contributed by atoms with Crippen LogP contribution in [0.2, 0.25) is 10.0 Å². The number of aliphatic hydroxyl groups is 1. The summed E-state index contributed by atoms with van der Waals surface area (Å²) in [5.41, 5.74) is -1.01. The fourth-order valence-electron chi connectivity index (χ4n) is 8.76. The van der Waals surface area contributed by atoms with E-state index in [9.17, 15) is 14.7 Å². The van der Waals surface area contributed by atoms with Gasteiger partial charge in [0.15, 0.2) is 23.0 Å². The first-order valence-corrected chi connectivity index (χ1v) is 15.2. The maximum Gasteiger partial charge on any atom is 0.178 e. The molecule has 4 fully saturated rings. The summed E-state index contributed by atoms with van der Waals surface area (Å²) in [7, 11) is 0. The number of Topliss-reactive ketones (excluding diaryl/α,β-unsaturated/α-hetero) is 1. The lowest BCUT2D eigenvalue weighted by atomic mass is 9.46. The first kappa shape index (κ1) is 27.0. The van der Waals surface area contributed by atoms with Crippen molar-refractivity contribution in [1.29, 1.82) is 0 Å². The van der Waals surface area contributed by atoms with Crippen LogP contribution >= 0.6 is 35.0 Å². The highest BCUT2D eigenvalue weighted by Gasteiger charge is 2.76. The van der Waals surface area contributed by atoms with E-state index in [0.717, 1.165) is 23.3 Å². The van der Waals surface area contributed by atoms with Crippen molar-refractivity contribution in [2.75, 3.05) is 5.75 Å². The quantitative estimate of drug-likeness (QED) is 0.416. The third kappa shape index (κ3) is 3.77. The van der Waals surface area contributed by atoms with Gasteiger partial charge in [-0.3, -0.25) is 9.59 Å². The smallest absolute Gasteiger partial charge is 0.178 e. The number of carbonyl (C=O) groups is 2. The van der Waals surface area contributed by atoms with E-state index in [4.69, 9.17) is 32.7 Å². The largest absolute Gasteiger partial charge is 0.393 e. The number of thioether (sulfide) groups is 1. The van der Waals surface area contributed by atoms with Crippen LogP contribution in [0.25, 0.3) is 0 Å². The lowest BCUT2D eigenvalue weighted by molar-refractivity contribution is -0.223. The second-order valence-electron chi connectivity index (χ2n) is 12.6. The Morgan fingerprint density at radius 1 is 1.21 bits per heavy atom. The van der Waals surface area contributed by atoms with E-state index in [1.807, 2.05) is 26.0 Å². The molecular formula is C30H34Cl2O5S. The maximum absolute atomic E-state index is 14.3. The van der Waals surface area contributed by atoms with Gasteiger partial charge in [-0.25, -0.2) is 0 Å². The van der Waals surface area contributed by atoms with Crippen LogP contribution in [-0.2, 0) is 19.1 Å². The van der Waals surface area contributed by atoms with Gasteiger partial charge in [0, 0.05) is 26.7 Å². The number of benzene rings is 1. The number of ether oxygens (including phenoxy) is 2. The predicted octanol–water partition coefficient (Wildman–Crippen LogP) is 6.43. The predicted molar refractivity (Wildman–Crippen MR) is 148 cm³/mol. The molecule has 5 nitrogen and oxygen atoms in total. The Hall–Kier alpha value is -1.15. The van der Waals surface area contributed by atoms with E-state index in [2.05, 4.69) is 13.8 Å². The Morgan fingerprint density at radius 3 is 2.71 bits per heavy atom. The van der Waals surface area contributed by atoms with Crippen LogP contribution in [0.3, 0.4) is 0 Å². The highest BCUT2D eigenvalue weighted by atomic mass is 35.5. The summed E-state index contributed by atoms with van der Waals surface area (Å²) in [4.78, 5) is 27.2. The van der Waals surface area contributed by atoms with Crippen LogP contribution in [0.5, 0.6) is 0 Å². The first-order valence-electron chi connectivity index (χ1n) is 13.4. The number of aliphatic hydroxyl groups excluding tert-OH is 1. The molecule has 6 rings (SSSR count). The number of halogens is 2. The molecule has 0 bridgehead atoms. The zero-order valence-corrected chi connectivity index (χ0v) is 24.5. The highest BCUT2D eigenvalue weighted by molar-refractivity contribution is 8.00. The Labute approximate surface area is 238 Å². The van der Waals surface area contributed by atoms with Crippen molar-refractivity contribution in [2.24, 2.45) is 28.6 Å². The number of allylic oxidation sites excluding steroid dienone is 4. The second-order valence-corrected chi connectivity index (χ2v) is 14.4. The van der Waals surface area contributed by atoms with E-state index < -0.39 is 22.9 Å². The van der Waals surface area contributed by atoms with E-state index in [1.165, 1.54) is 11.8 Å². The summed E-state index contributed by atoms with van der Waals surface area (Å²) >= 11 is 13.9. The lowest BCUT2D eigenvalue weighted by Crippen LogP contribution is -2.63. The molecular weight excluding hydrogens is 543 g/mol. The van der Waals surface area contributed by atoms with Crippen molar-refractivity contribution in [3.8, 4) is 0 Å². The van der Waals surface area contributed by atoms with Gasteiger partial charge in [0.25, 0.3) is 0 Å². The van der Waals surface area contributed by atoms with Crippen molar-refractivity contribution in [3.05, 3.63) is 52.0 Å². The normalized spacial score (nSPS) is 42.7. The third-order valence-corrected chi connectivity index (χ3v) is 11.9. The van der Waals surface area contributed by atoms with Crippen molar-refractivity contribution in [1.82, 2.24) is 0 Å². The van der Waals surface area contributed by atoms with Gasteiger partial charge in [0.05, 0.1) is 23.0 Å². The number of carbonyl (C=O) groups excluding carboxylic acids is 2. The molecule has 1 aliphatic heterocycles. The van der Waals surface area contributed by atoms with Gasteiger partial charge in [-0.2, -0.15) is 0 Å². The number of hydrogen-bond donors (Lipinski definition) is 1. The Balaban J connectivity index is 1.35. The number of hydrogen-bond acceptors (Lipinski definition) is 6. The molecule has 4 aliphatic carbocycles. The van der Waals surface area contributed by atoms with Crippen LogP contribution in [-0.4, -0.2) is 46.0 Å². The summed E-state index contributed by atoms with van der Waals surface area (Å²) in [6, 6.07) is 5.28. The van der Waals surface area contributed by atoms with Crippen molar-refractivity contribution < 1.29 is 24.2 Å². The van der Waals surface area contributed by atoms with E-state index in [-0.39, 0.29) is 46.6 Å². The fourth-order valence-corrected chi connectivity index (χ4v) is 10.2. The topological polar surface area (TPSA) is 72.8 Å². The summed E-state index contributed by atoms with van der Waals surface area (Å²) in [6.07, 6.45) is 7.24. The molecule has 1 N–H and O–H groups in total. The van der Waals surface area contributed by atoms with Crippen molar-refractivity contribution in [3.63, 3.8) is 0 Å². The summed E-state index contributed by atoms with van der Waals surface area (Å²) in [6.45, 7) is 8.02. The van der Waals surface area contributed by atoms with Gasteiger partial charge in [0.2, 0.25) is 0 Å². The molecule has 8 heteroatoms. The monoisotopic (exact) mass is 576 g/mol. The molecule has 1 aromatic carbocycles. The Kier molecular flexibility index (Phi) is 6.35. The first-order chi connectivity index (χ1) is 17.8. The molecule has 8 atom stereocenters. The third-order valence-electron chi connectivity index (χ3n) is 10.2. The average molecular weight is 578 g/mol. The lowest BCUT2D eigenvalue weighted by Gasteiger charge is -2.60.